The lowest BCUT2D eigenvalue weighted by Gasteiger charge is -2.06. The van der Waals surface area contributed by atoms with E-state index in [1.165, 1.54) is 0 Å². The lowest BCUT2D eigenvalue weighted by molar-refractivity contribution is -0.697. The molecule has 3 N–H and O–H groups in total. The largest absolute Gasteiger partial charge is 0.481 e. The quantitative estimate of drug-likeness (QED) is 0.106. The number of aryl methyl sites for hydroxylation is 4. The van der Waals surface area contributed by atoms with Gasteiger partial charge in [0.05, 0.1) is 22.8 Å². The molecule has 10 heteroatoms. The molecular formula is C48H44N8O2+4. The summed E-state index contributed by atoms with van der Waals surface area (Å²) in [6.45, 7) is 0.744. The van der Waals surface area contributed by atoms with Crippen LogP contribution >= 0.6 is 0 Å². The number of H-pyrrole nitrogens is 2. The van der Waals surface area contributed by atoms with Gasteiger partial charge in [0.15, 0.2) is 49.6 Å². The number of nitrogens with zero attached hydrogens (tertiary/aromatic N) is 6. The molecule has 58 heavy (non-hydrogen) atoms. The maximum atomic E-state index is 11.1. The zero-order valence-electron chi connectivity index (χ0n) is 32.7. The highest BCUT2D eigenvalue weighted by atomic mass is 16.4. The summed E-state index contributed by atoms with van der Waals surface area (Å²) in [6.07, 6.45) is 26.5. The van der Waals surface area contributed by atoms with E-state index >= 15 is 0 Å². The van der Waals surface area contributed by atoms with E-state index in [0.717, 1.165) is 102 Å². The van der Waals surface area contributed by atoms with Crippen LogP contribution in [0.1, 0.15) is 42.0 Å². The Morgan fingerprint density at radius 1 is 0.483 bits per heavy atom. The van der Waals surface area contributed by atoms with Crippen LogP contribution in [0.2, 0.25) is 0 Å². The van der Waals surface area contributed by atoms with Crippen LogP contribution in [-0.4, -0.2) is 31.0 Å². The Morgan fingerprint density at radius 2 is 0.828 bits per heavy atom. The number of carbonyl (C=O) groups is 1. The van der Waals surface area contributed by atoms with Gasteiger partial charge in [-0.1, -0.05) is 0 Å². The summed E-state index contributed by atoms with van der Waals surface area (Å²) in [5.74, 6) is -0.760. The number of hydrogen-bond acceptors (Lipinski definition) is 3. The SMILES string of the molecule is C[n+]1ccc(-c2c3nc(c(-c4cc[n+](C)cc4)c4ccc([nH]4)c(-c4cc[n+](CCCCC(=O)O)cc4)c4ccc([nH]4)c(-c4cc[n+](C)cc4)c4nc2C=C4)C=C3)cc1. The van der Waals surface area contributed by atoms with Gasteiger partial charge in [-0.2, -0.15) is 0 Å². The summed E-state index contributed by atoms with van der Waals surface area (Å²) >= 11 is 0. The van der Waals surface area contributed by atoms with Crippen molar-refractivity contribution >= 4 is 52.3 Å². The molecule has 0 radical (unpaired) electrons. The van der Waals surface area contributed by atoms with Gasteiger partial charge in [0.25, 0.3) is 0 Å². The Morgan fingerprint density at radius 3 is 1.24 bits per heavy atom. The molecule has 0 fully saturated rings. The van der Waals surface area contributed by atoms with Gasteiger partial charge >= 0.3 is 5.97 Å². The lowest BCUT2D eigenvalue weighted by atomic mass is 10.0. The molecule has 9 rings (SSSR count). The first-order chi connectivity index (χ1) is 28.3. The molecule has 0 aromatic carbocycles. The molecule has 9 heterocycles. The number of carboxylic acids is 1. The molecule has 2 aliphatic heterocycles. The van der Waals surface area contributed by atoms with E-state index in [0.29, 0.717) is 6.42 Å². The third-order valence-electron chi connectivity index (χ3n) is 10.8. The molecule has 0 saturated heterocycles. The monoisotopic (exact) mass is 764 g/mol. The van der Waals surface area contributed by atoms with Crippen LogP contribution in [0.15, 0.2) is 122 Å². The average Bonchev–Trinajstić information content (AvgIpc) is 4.07. The van der Waals surface area contributed by atoms with Crippen molar-refractivity contribution in [2.24, 2.45) is 21.1 Å². The van der Waals surface area contributed by atoms with Gasteiger partial charge in [-0.25, -0.2) is 28.2 Å². The van der Waals surface area contributed by atoms with Gasteiger partial charge in [0.1, 0.15) is 27.7 Å². The average molecular weight is 765 g/mol. The van der Waals surface area contributed by atoms with Crippen molar-refractivity contribution in [2.75, 3.05) is 0 Å². The van der Waals surface area contributed by atoms with Crippen LogP contribution in [0.4, 0.5) is 0 Å². The fourth-order valence-electron chi connectivity index (χ4n) is 7.77. The fourth-order valence-corrected chi connectivity index (χ4v) is 7.77. The molecule has 0 atom stereocenters. The predicted molar refractivity (Wildman–Crippen MR) is 226 cm³/mol. The molecule has 0 saturated carbocycles. The van der Waals surface area contributed by atoms with Crippen LogP contribution in [0.3, 0.4) is 0 Å². The first kappa shape index (κ1) is 36.3. The van der Waals surface area contributed by atoms with Crippen molar-refractivity contribution in [3.8, 4) is 44.5 Å². The Bertz CT molecular complexity index is 2780. The molecule has 0 unspecified atom stereocenters. The summed E-state index contributed by atoms with van der Waals surface area (Å²) in [4.78, 5) is 29.5. The summed E-state index contributed by atoms with van der Waals surface area (Å²) in [5, 5.41) is 9.10. The van der Waals surface area contributed by atoms with Crippen molar-refractivity contribution < 1.29 is 28.2 Å². The summed E-state index contributed by atoms with van der Waals surface area (Å²) in [5.41, 5.74) is 15.3. The Labute approximate surface area is 336 Å². The highest BCUT2D eigenvalue weighted by Crippen LogP contribution is 2.38. The first-order valence-corrected chi connectivity index (χ1v) is 19.5. The number of aromatic amines is 2. The van der Waals surface area contributed by atoms with E-state index < -0.39 is 5.97 Å². The summed E-state index contributed by atoms with van der Waals surface area (Å²) < 4.78 is 8.22. The first-order valence-electron chi connectivity index (χ1n) is 19.5. The Kier molecular flexibility index (Phi) is 9.59. The fraction of sp³-hybridized carbons (Fsp3) is 0.146. The summed E-state index contributed by atoms with van der Waals surface area (Å²) in [6, 6.07) is 25.6. The van der Waals surface area contributed by atoms with Crippen LogP contribution in [0.5, 0.6) is 0 Å². The Balaban J connectivity index is 1.36. The van der Waals surface area contributed by atoms with Crippen LogP contribution < -0.4 is 18.3 Å². The van der Waals surface area contributed by atoms with E-state index in [1.807, 2.05) is 34.8 Å². The molecule has 10 nitrogen and oxygen atoms in total. The van der Waals surface area contributed by atoms with Crippen molar-refractivity contribution in [2.45, 2.75) is 25.8 Å². The number of pyridine rings is 4. The number of fused-ring (bicyclic) bond motifs is 8. The smallest absolute Gasteiger partial charge is 0.303 e. The number of hydrogen-bond donors (Lipinski definition) is 3. The minimum atomic E-state index is -0.760. The van der Waals surface area contributed by atoms with E-state index in [1.54, 1.807) is 0 Å². The van der Waals surface area contributed by atoms with E-state index in [9.17, 15) is 4.79 Å². The van der Waals surface area contributed by atoms with Crippen molar-refractivity contribution in [1.29, 1.82) is 0 Å². The van der Waals surface area contributed by atoms with Crippen molar-refractivity contribution in [3.05, 3.63) is 145 Å². The number of aliphatic carboxylic acids is 1. The van der Waals surface area contributed by atoms with Crippen LogP contribution in [-0.2, 0) is 32.5 Å². The third kappa shape index (κ3) is 7.23. The number of unbranched alkanes of at least 4 members (excludes halogenated alkanes) is 1. The zero-order chi connectivity index (χ0) is 39.8. The van der Waals surface area contributed by atoms with Gasteiger partial charge in [-0.05, 0) is 77.2 Å². The van der Waals surface area contributed by atoms with Gasteiger partial charge in [0, 0.05) is 106 Å². The van der Waals surface area contributed by atoms with Crippen molar-refractivity contribution in [3.63, 3.8) is 0 Å². The van der Waals surface area contributed by atoms with Gasteiger partial charge < -0.3 is 15.1 Å². The lowest BCUT2D eigenvalue weighted by Crippen LogP contribution is -2.32. The predicted octanol–water partition coefficient (Wildman–Crippen LogP) is 7.34. The van der Waals surface area contributed by atoms with Gasteiger partial charge in [-0.3, -0.25) is 4.79 Å². The third-order valence-corrected chi connectivity index (χ3v) is 10.8. The maximum absolute atomic E-state index is 11.1. The minimum Gasteiger partial charge on any atom is -0.481 e. The molecule has 7 aromatic heterocycles. The molecule has 0 spiro atoms. The van der Waals surface area contributed by atoms with Crippen LogP contribution in [0.25, 0.3) is 90.9 Å². The Hall–Kier alpha value is -7.33. The second-order valence-electron chi connectivity index (χ2n) is 14.9. The van der Waals surface area contributed by atoms with E-state index in [4.69, 9.17) is 15.1 Å². The molecule has 7 aromatic rings. The van der Waals surface area contributed by atoms with Gasteiger partial charge in [0.2, 0.25) is 0 Å². The normalized spacial score (nSPS) is 12.0. The molecule has 0 amide bonds. The molecule has 284 valence electrons. The molecule has 0 aliphatic carbocycles. The standard InChI is InChI=1S/C48H41N8O2/c1-53-24-15-32(16-25-53)45-36-7-9-38(49-36)46(33-17-26-54(2)27-18-33)40-11-13-42(51-40)48(35-21-30-56(31-22-35)23-5-4-6-44(57)58)43-14-12-41(52-43)47(39-10-8-37(45)50-39)34-19-28-55(3)29-20-34/h7-22,24-31H,4-6,23H2,1-3H3/q+1/p+3. The summed E-state index contributed by atoms with van der Waals surface area (Å²) in [7, 11) is 6.06. The zero-order valence-corrected chi connectivity index (χ0v) is 32.7. The second kappa shape index (κ2) is 15.3. The number of carboxylic acid groups (broad SMARTS) is 1. The second-order valence-corrected chi connectivity index (χ2v) is 14.9. The van der Waals surface area contributed by atoms with Gasteiger partial charge in [-0.15, -0.1) is 0 Å². The highest BCUT2D eigenvalue weighted by Gasteiger charge is 2.21. The topological polar surface area (TPSA) is 110 Å². The highest BCUT2D eigenvalue weighted by molar-refractivity contribution is 6.00. The number of nitrogens with one attached hydrogen (secondary N) is 2. The maximum Gasteiger partial charge on any atom is 0.303 e. The molecular weight excluding hydrogens is 721 g/mol. The molecule has 2 aliphatic rings. The van der Waals surface area contributed by atoms with Crippen LogP contribution in [0, 0.1) is 0 Å². The minimum absolute atomic E-state index is 0.177. The number of rotatable bonds is 9. The molecule has 8 bridgehead atoms. The van der Waals surface area contributed by atoms with E-state index in [-0.39, 0.29) is 6.42 Å². The van der Waals surface area contributed by atoms with E-state index in [2.05, 4.69) is 161 Å². The number of aromatic nitrogens is 8. The van der Waals surface area contributed by atoms with Crippen molar-refractivity contribution in [1.82, 2.24) is 19.9 Å².